The number of aromatic nitrogens is 4. The molecule has 1 aliphatic carbocycles. The highest BCUT2D eigenvalue weighted by Crippen LogP contribution is 2.45. The van der Waals surface area contributed by atoms with E-state index in [1.807, 2.05) is 0 Å². The standard InChI is InChI=1S/C20H17F3N4O3/c1-2-29-19(28)16-17(13-9-24-11-25-10-13)26-27(18(16)12-3-4-12)14-5-7-15(8-6-14)30-20(21,22)23/h5-12H,2-4H2,1H3. The zero-order valence-electron chi connectivity index (χ0n) is 15.9. The van der Waals surface area contributed by atoms with Gasteiger partial charge in [-0.15, -0.1) is 13.2 Å². The highest BCUT2D eigenvalue weighted by molar-refractivity contribution is 5.98. The molecule has 0 saturated heterocycles. The van der Waals surface area contributed by atoms with Gasteiger partial charge in [0.1, 0.15) is 23.3 Å². The number of hydrogen-bond acceptors (Lipinski definition) is 6. The van der Waals surface area contributed by atoms with E-state index in [4.69, 9.17) is 4.74 Å². The minimum atomic E-state index is -4.77. The summed E-state index contributed by atoms with van der Waals surface area (Å²) in [6.07, 6.45) is 1.42. The summed E-state index contributed by atoms with van der Waals surface area (Å²) in [4.78, 5) is 20.8. The molecule has 0 radical (unpaired) electrons. The molecule has 7 nitrogen and oxygen atoms in total. The first-order chi connectivity index (χ1) is 14.4. The lowest BCUT2D eigenvalue weighted by atomic mass is 10.1. The number of alkyl halides is 3. The van der Waals surface area contributed by atoms with Crippen molar-refractivity contribution in [3.05, 3.63) is 54.2 Å². The number of hydrogen-bond donors (Lipinski definition) is 0. The van der Waals surface area contributed by atoms with Crippen molar-refractivity contribution in [3.63, 3.8) is 0 Å². The van der Waals surface area contributed by atoms with E-state index in [-0.39, 0.29) is 18.3 Å². The monoisotopic (exact) mass is 418 g/mol. The van der Waals surface area contributed by atoms with Crippen LogP contribution in [0.1, 0.15) is 41.7 Å². The highest BCUT2D eigenvalue weighted by Gasteiger charge is 2.37. The predicted octanol–water partition coefficient (Wildman–Crippen LogP) is 4.28. The van der Waals surface area contributed by atoms with Crippen LogP contribution in [0.5, 0.6) is 5.75 Å². The number of carbonyl (C=O) groups is 1. The van der Waals surface area contributed by atoms with Gasteiger partial charge in [-0.1, -0.05) is 0 Å². The van der Waals surface area contributed by atoms with Crippen molar-refractivity contribution in [2.45, 2.75) is 32.0 Å². The Hall–Kier alpha value is -3.43. The van der Waals surface area contributed by atoms with Gasteiger partial charge in [-0.3, -0.25) is 0 Å². The van der Waals surface area contributed by atoms with E-state index in [0.29, 0.717) is 28.2 Å². The number of rotatable bonds is 6. The summed E-state index contributed by atoms with van der Waals surface area (Å²) >= 11 is 0. The van der Waals surface area contributed by atoms with Crippen molar-refractivity contribution in [2.24, 2.45) is 0 Å². The van der Waals surface area contributed by atoms with Crippen LogP contribution in [0.4, 0.5) is 13.2 Å². The van der Waals surface area contributed by atoms with Crippen molar-refractivity contribution < 1.29 is 27.4 Å². The van der Waals surface area contributed by atoms with Gasteiger partial charge in [-0.05, 0) is 44.0 Å². The van der Waals surface area contributed by atoms with Crippen LogP contribution in [-0.2, 0) is 4.74 Å². The van der Waals surface area contributed by atoms with E-state index in [2.05, 4.69) is 19.8 Å². The van der Waals surface area contributed by atoms with Gasteiger partial charge < -0.3 is 9.47 Å². The van der Waals surface area contributed by atoms with E-state index >= 15 is 0 Å². The van der Waals surface area contributed by atoms with Crippen molar-refractivity contribution >= 4 is 5.97 Å². The van der Waals surface area contributed by atoms with Crippen molar-refractivity contribution in [3.8, 4) is 22.7 Å². The highest BCUT2D eigenvalue weighted by atomic mass is 19.4. The summed E-state index contributed by atoms with van der Waals surface area (Å²) in [5.74, 6) is -0.753. The van der Waals surface area contributed by atoms with Gasteiger partial charge in [0.05, 0.1) is 18.0 Å². The molecule has 0 unspecified atom stereocenters. The Bertz CT molecular complexity index is 1050. The van der Waals surface area contributed by atoms with Gasteiger partial charge in [0.15, 0.2) is 0 Å². The van der Waals surface area contributed by atoms with Crippen LogP contribution in [0.3, 0.4) is 0 Å². The molecule has 30 heavy (non-hydrogen) atoms. The third-order valence-corrected chi connectivity index (χ3v) is 4.51. The molecule has 0 N–H and O–H groups in total. The largest absolute Gasteiger partial charge is 0.573 e. The average molecular weight is 418 g/mol. The quantitative estimate of drug-likeness (QED) is 0.556. The van der Waals surface area contributed by atoms with Crippen LogP contribution in [-0.4, -0.2) is 38.7 Å². The molecule has 0 atom stereocenters. The fourth-order valence-corrected chi connectivity index (χ4v) is 3.18. The molecule has 1 aliphatic rings. The van der Waals surface area contributed by atoms with Crippen LogP contribution in [0.2, 0.25) is 0 Å². The molecule has 3 aromatic rings. The first kappa shape index (κ1) is 19.9. The van der Waals surface area contributed by atoms with Gasteiger partial charge in [0, 0.05) is 23.9 Å². The maximum absolute atomic E-state index is 12.8. The Morgan fingerprint density at radius 2 is 1.83 bits per heavy atom. The Kier molecular flexibility index (Phi) is 5.15. The second-order valence-electron chi connectivity index (χ2n) is 6.68. The first-order valence-electron chi connectivity index (χ1n) is 9.29. The van der Waals surface area contributed by atoms with E-state index in [1.54, 1.807) is 24.0 Å². The SMILES string of the molecule is CCOC(=O)c1c(-c2cncnc2)nn(-c2ccc(OC(F)(F)F)cc2)c1C1CC1. The van der Waals surface area contributed by atoms with Crippen LogP contribution in [0.15, 0.2) is 43.0 Å². The molecule has 4 rings (SSSR count). The van der Waals surface area contributed by atoms with Gasteiger partial charge >= 0.3 is 12.3 Å². The third kappa shape index (κ3) is 4.12. The zero-order valence-corrected chi connectivity index (χ0v) is 15.9. The van der Waals surface area contributed by atoms with Crippen molar-refractivity contribution in [1.82, 2.24) is 19.7 Å². The van der Waals surface area contributed by atoms with E-state index < -0.39 is 12.3 Å². The van der Waals surface area contributed by atoms with Crippen LogP contribution in [0, 0.1) is 0 Å². The lowest BCUT2D eigenvalue weighted by Gasteiger charge is -2.11. The van der Waals surface area contributed by atoms with E-state index in [9.17, 15) is 18.0 Å². The molecule has 0 amide bonds. The maximum atomic E-state index is 12.8. The number of halogens is 3. The topological polar surface area (TPSA) is 79.1 Å². The van der Waals surface area contributed by atoms with Gasteiger partial charge in [0.2, 0.25) is 0 Å². The Labute approximate surface area is 169 Å². The summed E-state index contributed by atoms with van der Waals surface area (Å²) in [7, 11) is 0. The lowest BCUT2D eigenvalue weighted by Crippen LogP contribution is -2.17. The molecule has 1 aromatic carbocycles. The number of carbonyl (C=O) groups excluding carboxylic acids is 1. The normalized spacial score (nSPS) is 13.9. The van der Waals surface area contributed by atoms with Crippen molar-refractivity contribution in [1.29, 1.82) is 0 Å². The molecule has 156 valence electrons. The average Bonchev–Trinajstić information content (AvgIpc) is 3.47. The summed E-state index contributed by atoms with van der Waals surface area (Å²) in [6, 6.07) is 5.33. The van der Waals surface area contributed by atoms with Crippen LogP contribution < -0.4 is 4.74 Å². The van der Waals surface area contributed by atoms with Gasteiger partial charge in [-0.25, -0.2) is 19.4 Å². The second kappa shape index (κ2) is 7.77. The summed E-state index contributed by atoms with van der Waals surface area (Å²) in [5, 5.41) is 4.59. The number of benzene rings is 1. The molecule has 1 saturated carbocycles. The smallest absolute Gasteiger partial charge is 0.462 e. The van der Waals surface area contributed by atoms with Crippen LogP contribution in [0.25, 0.3) is 16.9 Å². The summed E-state index contributed by atoms with van der Waals surface area (Å²) in [6.45, 7) is 1.91. The molecule has 2 aromatic heterocycles. The predicted molar refractivity (Wildman–Crippen MR) is 99.2 cm³/mol. The minimum absolute atomic E-state index is 0.0985. The second-order valence-corrected chi connectivity index (χ2v) is 6.68. The molecule has 10 heteroatoms. The Balaban J connectivity index is 1.83. The Morgan fingerprint density at radius 3 is 2.40 bits per heavy atom. The number of esters is 1. The van der Waals surface area contributed by atoms with Gasteiger partial charge in [-0.2, -0.15) is 5.10 Å². The fraction of sp³-hybridized carbons (Fsp3) is 0.300. The molecule has 0 aliphatic heterocycles. The molecular formula is C20H17F3N4O3. The van der Waals surface area contributed by atoms with Gasteiger partial charge in [0.25, 0.3) is 0 Å². The minimum Gasteiger partial charge on any atom is -0.462 e. The third-order valence-electron chi connectivity index (χ3n) is 4.51. The molecule has 0 bridgehead atoms. The fourth-order valence-electron chi connectivity index (χ4n) is 3.18. The number of nitrogens with zero attached hydrogens (tertiary/aromatic N) is 4. The zero-order chi connectivity index (χ0) is 21.3. The summed E-state index contributed by atoms with van der Waals surface area (Å²) in [5.41, 5.74) is 2.39. The molecule has 0 spiro atoms. The Morgan fingerprint density at radius 1 is 1.17 bits per heavy atom. The van der Waals surface area contributed by atoms with Crippen LogP contribution >= 0.6 is 0 Å². The molecule has 2 heterocycles. The molecular weight excluding hydrogens is 401 g/mol. The molecule has 1 fully saturated rings. The summed E-state index contributed by atoms with van der Waals surface area (Å²) < 4.78 is 48.1. The first-order valence-corrected chi connectivity index (χ1v) is 9.29. The van der Waals surface area contributed by atoms with Crippen molar-refractivity contribution in [2.75, 3.05) is 6.61 Å². The lowest BCUT2D eigenvalue weighted by molar-refractivity contribution is -0.274. The maximum Gasteiger partial charge on any atom is 0.573 e. The number of ether oxygens (including phenoxy) is 2. The van der Waals surface area contributed by atoms with E-state index in [1.165, 1.54) is 30.6 Å². The van der Waals surface area contributed by atoms with E-state index in [0.717, 1.165) is 12.8 Å².